The smallest absolute Gasteiger partial charge is 0.226 e. The zero-order valence-electron chi connectivity index (χ0n) is 16.1. The summed E-state index contributed by atoms with van der Waals surface area (Å²) in [7, 11) is 0. The van der Waals surface area contributed by atoms with Gasteiger partial charge in [0, 0.05) is 12.6 Å². The minimum absolute atomic E-state index is 0.249. The van der Waals surface area contributed by atoms with Crippen molar-refractivity contribution < 1.29 is 0 Å². The molecule has 1 saturated carbocycles. The summed E-state index contributed by atoms with van der Waals surface area (Å²) in [5, 5.41) is 3.65. The maximum absolute atomic E-state index is 6.23. The van der Waals surface area contributed by atoms with E-state index in [2.05, 4.69) is 73.4 Å². The highest BCUT2D eigenvalue weighted by molar-refractivity contribution is 6.28. The van der Waals surface area contributed by atoms with E-state index in [9.17, 15) is 0 Å². The maximum atomic E-state index is 6.23. The van der Waals surface area contributed by atoms with Gasteiger partial charge in [-0.3, -0.25) is 0 Å². The molecule has 2 heterocycles. The molecule has 1 aliphatic carbocycles. The molecule has 2 aromatic carbocycles. The molecule has 29 heavy (non-hydrogen) atoms. The highest BCUT2D eigenvalue weighted by Crippen LogP contribution is 2.33. The lowest BCUT2D eigenvalue weighted by atomic mass is 10.0. The molecular weight excluding hydrogens is 382 g/mol. The van der Waals surface area contributed by atoms with Gasteiger partial charge in [-0.15, -0.1) is 0 Å². The molecule has 0 aliphatic heterocycles. The quantitative estimate of drug-likeness (QED) is 0.423. The monoisotopic (exact) mass is 403 g/mol. The number of anilines is 1. The first-order valence-electron chi connectivity index (χ1n) is 10.1. The third-order valence-corrected chi connectivity index (χ3v) is 5.80. The molecule has 0 spiro atoms. The largest absolute Gasteiger partial charge is 0.364 e. The van der Waals surface area contributed by atoms with E-state index in [-0.39, 0.29) is 5.28 Å². The van der Waals surface area contributed by atoms with Crippen LogP contribution >= 0.6 is 11.6 Å². The van der Waals surface area contributed by atoms with Crippen LogP contribution in [0.2, 0.25) is 5.28 Å². The van der Waals surface area contributed by atoms with Gasteiger partial charge >= 0.3 is 0 Å². The van der Waals surface area contributed by atoms with Gasteiger partial charge in [-0.2, -0.15) is 9.97 Å². The molecule has 0 radical (unpaired) electrons. The third kappa shape index (κ3) is 3.70. The Bertz CT molecular complexity index is 1120. The Morgan fingerprint density at radius 1 is 0.931 bits per heavy atom. The molecule has 0 amide bonds. The van der Waals surface area contributed by atoms with Gasteiger partial charge in [0.05, 0.1) is 6.33 Å². The first-order valence-corrected chi connectivity index (χ1v) is 10.4. The second kappa shape index (κ2) is 7.84. The van der Waals surface area contributed by atoms with Gasteiger partial charge in [-0.1, -0.05) is 67.4 Å². The van der Waals surface area contributed by atoms with Crippen molar-refractivity contribution in [2.75, 3.05) is 5.32 Å². The number of nitrogens with zero attached hydrogens (tertiary/aromatic N) is 4. The summed E-state index contributed by atoms with van der Waals surface area (Å²) in [5.41, 5.74) is 5.19. The van der Waals surface area contributed by atoms with Crippen molar-refractivity contribution in [2.45, 2.75) is 38.3 Å². The summed E-state index contributed by atoms with van der Waals surface area (Å²) in [5.74, 6) is 0.684. The molecule has 5 rings (SSSR count). The fourth-order valence-electron chi connectivity index (χ4n) is 4.09. The molecule has 5 nitrogen and oxygen atoms in total. The SMILES string of the molecule is Clc1nc(NCc2ccc(-c3ccccc3)cc2)c2ncn(C3CCCC3)c2n1. The summed E-state index contributed by atoms with van der Waals surface area (Å²) in [6.07, 6.45) is 6.74. The number of benzene rings is 2. The minimum Gasteiger partial charge on any atom is -0.364 e. The second-order valence-electron chi connectivity index (χ2n) is 7.52. The van der Waals surface area contributed by atoms with Crippen LogP contribution in [0.1, 0.15) is 37.3 Å². The van der Waals surface area contributed by atoms with Crippen molar-refractivity contribution in [3.63, 3.8) is 0 Å². The van der Waals surface area contributed by atoms with Crippen LogP contribution in [0.25, 0.3) is 22.3 Å². The van der Waals surface area contributed by atoms with Gasteiger partial charge in [0.2, 0.25) is 5.28 Å². The van der Waals surface area contributed by atoms with Crippen LogP contribution in [0, 0.1) is 0 Å². The fraction of sp³-hybridized carbons (Fsp3) is 0.261. The van der Waals surface area contributed by atoms with Crippen LogP contribution in [-0.2, 0) is 6.54 Å². The molecule has 0 bridgehead atoms. The minimum atomic E-state index is 0.249. The van der Waals surface area contributed by atoms with Crippen LogP contribution in [0.4, 0.5) is 5.82 Å². The second-order valence-corrected chi connectivity index (χ2v) is 7.86. The number of aromatic nitrogens is 4. The van der Waals surface area contributed by atoms with Crippen LogP contribution in [0.3, 0.4) is 0 Å². The van der Waals surface area contributed by atoms with E-state index in [0.717, 1.165) is 11.2 Å². The number of halogens is 1. The molecule has 0 saturated heterocycles. The van der Waals surface area contributed by atoms with E-state index < -0.39 is 0 Å². The summed E-state index contributed by atoms with van der Waals surface area (Å²) in [4.78, 5) is 13.4. The summed E-state index contributed by atoms with van der Waals surface area (Å²) in [6, 6.07) is 19.4. The number of rotatable bonds is 5. The molecule has 4 aromatic rings. The molecule has 1 aliphatic rings. The predicted molar refractivity (Wildman–Crippen MR) is 117 cm³/mol. The Morgan fingerprint density at radius 3 is 2.41 bits per heavy atom. The molecule has 1 fully saturated rings. The Kier molecular flexibility index (Phi) is 4.90. The Hall–Kier alpha value is -2.92. The molecule has 1 N–H and O–H groups in total. The lowest BCUT2D eigenvalue weighted by Crippen LogP contribution is -2.06. The van der Waals surface area contributed by atoms with E-state index in [4.69, 9.17) is 11.6 Å². The zero-order valence-corrected chi connectivity index (χ0v) is 16.8. The third-order valence-electron chi connectivity index (χ3n) is 5.63. The Morgan fingerprint density at radius 2 is 1.66 bits per heavy atom. The Labute approximate surface area is 174 Å². The van der Waals surface area contributed by atoms with Crippen LogP contribution in [0.5, 0.6) is 0 Å². The van der Waals surface area contributed by atoms with Crippen molar-refractivity contribution >= 4 is 28.6 Å². The molecule has 0 unspecified atom stereocenters. The van der Waals surface area contributed by atoms with E-state index in [1.54, 1.807) is 0 Å². The van der Waals surface area contributed by atoms with Gasteiger partial charge in [0.15, 0.2) is 17.0 Å². The maximum Gasteiger partial charge on any atom is 0.226 e. The molecule has 2 aromatic heterocycles. The van der Waals surface area contributed by atoms with Crippen molar-refractivity contribution in [1.29, 1.82) is 0 Å². The molecule has 6 heteroatoms. The van der Waals surface area contributed by atoms with Gasteiger partial charge < -0.3 is 9.88 Å². The van der Waals surface area contributed by atoms with E-state index in [1.807, 2.05) is 12.4 Å². The number of nitrogens with one attached hydrogen (secondary N) is 1. The van der Waals surface area contributed by atoms with Crippen molar-refractivity contribution in [1.82, 2.24) is 19.5 Å². The van der Waals surface area contributed by atoms with E-state index in [0.29, 0.717) is 18.4 Å². The summed E-state index contributed by atoms with van der Waals surface area (Å²) in [6.45, 7) is 0.647. The van der Waals surface area contributed by atoms with Gasteiger partial charge in [0.1, 0.15) is 0 Å². The van der Waals surface area contributed by atoms with Gasteiger partial charge in [0.25, 0.3) is 0 Å². The van der Waals surface area contributed by atoms with Crippen molar-refractivity contribution in [3.05, 3.63) is 71.8 Å². The van der Waals surface area contributed by atoms with Gasteiger partial charge in [-0.05, 0) is 41.1 Å². The number of imidazole rings is 1. The standard InChI is InChI=1S/C23H22ClN5/c24-23-27-21(20-22(28-23)29(15-26-20)19-8-4-5-9-19)25-14-16-10-12-18(13-11-16)17-6-2-1-3-7-17/h1-3,6-7,10-13,15,19H,4-5,8-9,14H2,(H,25,27,28). The van der Waals surface area contributed by atoms with Crippen molar-refractivity contribution in [3.8, 4) is 11.1 Å². The average Bonchev–Trinajstić information content (AvgIpc) is 3.43. The average molecular weight is 404 g/mol. The number of fused-ring (bicyclic) bond motifs is 1. The van der Waals surface area contributed by atoms with Crippen LogP contribution < -0.4 is 5.32 Å². The topological polar surface area (TPSA) is 55.6 Å². The predicted octanol–water partition coefficient (Wildman–Crippen LogP) is 5.87. The first kappa shape index (κ1) is 18.1. The molecule has 0 atom stereocenters. The zero-order chi connectivity index (χ0) is 19.6. The van der Waals surface area contributed by atoms with E-state index in [1.165, 1.54) is 42.4 Å². The fourth-order valence-corrected chi connectivity index (χ4v) is 4.26. The summed E-state index contributed by atoms with van der Waals surface area (Å²) < 4.78 is 2.16. The number of hydrogen-bond donors (Lipinski definition) is 1. The van der Waals surface area contributed by atoms with Crippen LogP contribution in [-0.4, -0.2) is 19.5 Å². The normalized spacial score (nSPS) is 14.5. The lowest BCUT2D eigenvalue weighted by Gasteiger charge is -2.12. The summed E-state index contributed by atoms with van der Waals surface area (Å²) >= 11 is 6.23. The van der Waals surface area contributed by atoms with Crippen molar-refractivity contribution in [2.24, 2.45) is 0 Å². The highest BCUT2D eigenvalue weighted by atomic mass is 35.5. The van der Waals surface area contributed by atoms with Crippen LogP contribution in [0.15, 0.2) is 60.9 Å². The Balaban J connectivity index is 1.36. The lowest BCUT2D eigenvalue weighted by molar-refractivity contribution is 0.529. The molecule has 146 valence electrons. The number of hydrogen-bond acceptors (Lipinski definition) is 4. The highest BCUT2D eigenvalue weighted by Gasteiger charge is 2.21. The van der Waals surface area contributed by atoms with E-state index >= 15 is 0 Å². The molecular formula is C23H22ClN5. The van der Waals surface area contributed by atoms with Gasteiger partial charge in [-0.25, -0.2) is 4.98 Å². The first-order chi connectivity index (χ1) is 14.3.